The Morgan fingerprint density at radius 1 is 1.38 bits per heavy atom. The van der Waals surface area contributed by atoms with Gasteiger partial charge in [-0.1, -0.05) is 6.58 Å². The van der Waals surface area contributed by atoms with Crippen LogP contribution < -0.4 is 12.4 Å². The van der Waals surface area contributed by atoms with Crippen molar-refractivity contribution in [3.05, 3.63) is 12.2 Å². The summed E-state index contributed by atoms with van der Waals surface area (Å²) in [5, 5.41) is 0. The van der Waals surface area contributed by atoms with Crippen molar-refractivity contribution in [2.24, 2.45) is 0 Å². The molecule has 3 nitrogen and oxygen atoms in total. The van der Waals surface area contributed by atoms with Crippen molar-refractivity contribution in [3.8, 4) is 0 Å². The van der Waals surface area contributed by atoms with Gasteiger partial charge < -0.3 is 21.6 Å². The zero-order valence-electron chi connectivity index (χ0n) is 11.0. The van der Waals surface area contributed by atoms with Gasteiger partial charge in [0.2, 0.25) is 0 Å². The number of halogens is 1. The van der Waals surface area contributed by atoms with Gasteiger partial charge in [-0.05, 0) is 27.7 Å². The van der Waals surface area contributed by atoms with Gasteiger partial charge in [-0.15, -0.1) is 0 Å². The summed E-state index contributed by atoms with van der Waals surface area (Å²) >= 11 is 0. The molecule has 0 radical (unpaired) electrons. The van der Waals surface area contributed by atoms with Crippen molar-refractivity contribution in [2.45, 2.75) is 33.8 Å². The molecule has 4 heteroatoms. The van der Waals surface area contributed by atoms with E-state index in [-0.39, 0.29) is 24.5 Å². The van der Waals surface area contributed by atoms with Gasteiger partial charge in [-0.25, -0.2) is 4.79 Å². The van der Waals surface area contributed by atoms with E-state index in [9.17, 15) is 4.79 Å². The largest absolute Gasteiger partial charge is 1.00 e. The first-order valence-electron chi connectivity index (χ1n) is 5.54. The Kier molecular flexibility index (Phi) is 8.57. The molecule has 0 aliphatic rings. The molecule has 1 atom stereocenters. The average Bonchev–Trinajstić information content (AvgIpc) is 2.17. The van der Waals surface area contributed by atoms with Gasteiger partial charge in [0.25, 0.3) is 0 Å². The SMILES string of the molecule is C=C(C)C(=O)OC(C)C[N+](C)(CC)CC.[Cl-]. The second-order valence-electron chi connectivity index (χ2n) is 4.43. The van der Waals surface area contributed by atoms with Crippen LogP contribution in [0.5, 0.6) is 0 Å². The Morgan fingerprint density at radius 2 is 1.81 bits per heavy atom. The van der Waals surface area contributed by atoms with Crippen molar-refractivity contribution >= 4 is 5.97 Å². The number of nitrogens with zero attached hydrogens (tertiary/aromatic N) is 1. The van der Waals surface area contributed by atoms with Crippen molar-refractivity contribution < 1.29 is 26.4 Å². The first-order valence-corrected chi connectivity index (χ1v) is 5.54. The second-order valence-corrected chi connectivity index (χ2v) is 4.43. The lowest BCUT2D eigenvalue weighted by atomic mass is 10.3. The quantitative estimate of drug-likeness (QED) is 0.343. The maximum atomic E-state index is 11.3. The molecule has 96 valence electrons. The number of quaternary nitrogens is 1. The third kappa shape index (κ3) is 6.13. The van der Waals surface area contributed by atoms with Gasteiger partial charge in [-0.3, -0.25) is 0 Å². The van der Waals surface area contributed by atoms with E-state index in [1.54, 1.807) is 6.92 Å². The Hall–Kier alpha value is -0.540. The Labute approximate surface area is 105 Å². The highest BCUT2D eigenvalue weighted by Gasteiger charge is 2.22. The zero-order chi connectivity index (χ0) is 12.1. The van der Waals surface area contributed by atoms with Crippen molar-refractivity contribution in [2.75, 3.05) is 26.7 Å². The first-order chi connectivity index (χ1) is 6.84. The monoisotopic (exact) mass is 249 g/mol. The number of ether oxygens (including phenoxy) is 1. The smallest absolute Gasteiger partial charge is 0.333 e. The van der Waals surface area contributed by atoms with Crippen LogP contribution in [0.3, 0.4) is 0 Å². The summed E-state index contributed by atoms with van der Waals surface area (Å²) in [7, 11) is 2.17. The molecular formula is C12H24ClNO2. The summed E-state index contributed by atoms with van der Waals surface area (Å²) in [5.41, 5.74) is 0.462. The van der Waals surface area contributed by atoms with Crippen LogP contribution in [-0.2, 0) is 9.53 Å². The summed E-state index contributed by atoms with van der Waals surface area (Å²) in [6.07, 6.45) is -0.0564. The minimum atomic E-state index is -0.291. The molecule has 0 amide bonds. The summed E-state index contributed by atoms with van der Waals surface area (Å²) < 4.78 is 6.18. The fourth-order valence-electron chi connectivity index (χ4n) is 1.42. The van der Waals surface area contributed by atoms with Crippen molar-refractivity contribution in [3.63, 3.8) is 0 Å². The molecule has 0 rings (SSSR count). The minimum Gasteiger partial charge on any atom is -1.00 e. The first kappa shape index (κ1) is 17.8. The lowest BCUT2D eigenvalue weighted by molar-refractivity contribution is -0.908. The lowest BCUT2D eigenvalue weighted by Gasteiger charge is -2.34. The summed E-state index contributed by atoms with van der Waals surface area (Å²) in [6, 6.07) is 0. The molecule has 0 saturated carbocycles. The number of likely N-dealkylation sites (N-methyl/N-ethyl adjacent to an activating group) is 1. The maximum Gasteiger partial charge on any atom is 0.333 e. The van der Waals surface area contributed by atoms with Gasteiger partial charge in [0.05, 0.1) is 20.1 Å². The number of hydrogen-bond acceptors (Lipinski definition) is 2. The molecule has 0 aromatic carbocycles. The van der Waals surface area contributed by atoms with Crippen molar-refractivity contribution in [1.29, 1.82) is 0 Å². The van der Waals surface area contributed by atoms with Crippen LogP contribution in [0.2, 0.25) is 0 Å². The van der Waals surface area contributed by atoms with E-state index in [1.165, 1.54) is 0 Å². The fourth-order valence-corrected chi connectivity index (χ4v) is 1.42. The summed E-state index contributed by atoms with van der Waals surface area (Å²) in [4.78, 5) is 11.3. The molecule has 0 bridgehead atoms. The van der Waals surface area contributed by atoms with E-state index in [1.807, 2.05) is 6.92 Å². The molecule has 0 saturated heterocycles. The molecule has 0 aromatic heterocycles. The van der Waals surface area contributed by atoms with Crippen LogP contribution >= 0.6 is 0 Å². The van der Waals surface area contributed by atoms with Gasteiger partial charge in [0, 0.05) is 5.57 Å². The molecule has 0 N–H and O–H groups in total. The Morgan fingerprint density at radius 3 is 2.12 bits per heavy atom. The Bertz CT molecular complexity index is 237. The molecule has 0 aromatic rings. The highest BCUT2D eigenvalue weighted by Crippen LogP contribution is 2.07. The van der Waals surface area contributed by atoms with Gasteiger partial charge >= 0.3 is 5.97 Å². The molecule has 0 heterocycles. The maximum absolute atomic E-state index is 11.3. The summed E-state index contributed by atoms with van der Waals surface area (Å²) in [6.45, 7) is 14.4. The van der Waals surface area contributed by atoms with E-state index in [2.05, 4.69) is 27.5 Å². The topological polar surface area (TPSA) is 26.3 Å². The average molecular weight is 250 g/mol. The normalized spacial score (nSPS) is 12.6. The van der Waals surface area contributed by atoms with E-state index in [4.69, 9.17) is 4.74 Å². The fraction of sp³-hybridized carbons (Fsp3) is 0.750. The number of esters is 1. The predicted molar refractivity (Wildman–Crippen MR) is 62.5 cm³/mol. The molecular weight excluding hydrogens is 226 g/mol. The molecule has 16 heavy (non-hydrogen) atoms. The third-order valence-corrected chi connectivity index (χ3v) is 2.88. The van der Waals surface area contributed by atoms with Crippen LogP contribution in [0.1, 0.15) is 27.7 Å². The minimum absolute atomic E-state index is 0. The van der Waals surface area contributed by atoms with Gasteiger partial charge in [-0.2, -0.15) is 0 Å². The number of carbonyl (C=O) groups excluding carboxylic acids is 1. The van der Waals surface area contributed by atoms with Crippen LogP contribution in [0.25, 0.3) is 0 Å². The molecule has 0 spiro atoms. The number of hydrogen-bond donors (Lipinski definition) is 0. The third-order valence-electron chi connectivity index (χ3n) is 2.88. The lowest BCUT2D eigenvalue weighted by Crippen LogP contribution is -3.00. The highest BCUT2D eigenvalue weighted by molar-refractivity contribution is 5.87. The predicted octanol–water partition coefficient (Wildman–Crippen LogP) is -1.02. The number of rotatable bonds is 6. The van der Waals surface area contributed by atoms with Crippen LogP contribution in [0, 0.1) is 0 Å². The molecule has 0 aliphatic carbocycles. The van der Waals surface area contributed by atoms with Gasteiger partial charge in [0.1, 0.15) is 12.6 Å². The standard InChI is InChI=1S/C12H24NO2.ClH/c1-7-13(6,8-2)9-11(5)15-12(14)10(3)4;/h11H,3,7-9H2,1-2,4-6H3;1H/q+1;/p-1. The van der Waals surface area contributed by atoms with E-state index >= 15 is 0 Å². The van der Waals surface area contributed by atoms with E-state index in [0.29, 0.717) is 5.57 Å². The second kappa shape index (κ2) is 7.69. The van der Waals surface area contributed by atoms with E-state index < -0.39 is 0 Å². The van der Waals surface area contributed by atoms with Crippen LogP contribution in [0.4, 0.5) is 0 Å². The van der Waals surface area contributed by atoms with Gasteiger partial charge in [0.15, 0.2) is 0 Å². The highest BCUT2D eigenvalue weighted by atomic mass is 35.5. The number of carbonyl (C=O) groups is 1. The van der Waals surface area contributed by atoms with Crippen LogP contribution in [0.15, 0.2) is 12.2 Å². The molecule has 0 aliphatic heterocycles. The Balaban J connectivity index is 0. The molecule has 0 fully saturated rings. The van der Waals surface area contributed by atoms with Crippen LogP contribution in [-0.4, -0.2) is 43.2 Å². The zero-order valence-corrected chi connectivity index (χ0v) is 11.8. The summed E-state index contributed by atoms with van der Waals surface area (Å²) in [5.74, 6) is -0.291. The van der Waals surface area contributed by atoms with Crippen molar-refractivity contribution in [1.82, 2.24) is 0 Å². The van der Waals surface area contributed by atoms with E-state index in [0.717, 1.165) is 24.1 Å². The molecule has 1 unspecified atom stereocenters.